The Labute approximate surface area is 132 Å². The lowest BCUT2D eigenvalue weighted by Gasteiger charge is -2.15. The molecule has 0 spiro atoms. The minimum Gasteiger partial charge on any atom is -0.497 e. The van der Waals surface area contributed by atoms with Crippen LogP contribution in [0.1, 0.15) is 6.42 Å². The molecule has 1 saturated heterocycles. The molecule has 0 unspecified atom stereocenters. The first-order chi connectivity index (χ1) is 10.7. The molecule has 0 bridgehead atoms. The quantitative estimate of drug-likeness (QED) is 0.812. The van der Waals surface area contributed by atoms with Crippen LogP contribution >= 0.6 is 11.8 Å². The molecule has 1 aromatic carbocycles. The smallest absolute Gasteiger partial charge is 0.247 e. The van der Waals surface area contributed by atoms with E-state index < -0.39 is 5.25 Å². The van der Waals surface area contributed by atoms with Crippen molar-refractivity contribution in [1.29, 1.82) is 0 Å². The van der Waals surface area contributed by atoms with Crippen molar-refractivity contribution in [3.8, 4) is 5.75 Å². The van der Waals surface area contributed by atoms with Gasteiger partial charge >= 0.3 is 0 Å². The van der Waals surface area contributed by atoms with E-state index in [2.05, 4.69) is 4.98 Å². The number of thioether (sulfide) groups is 1. The van der Waals surface area contributed by atoms with E-state index in [1.807, 2.05) is 18.2 Å². The number of aromatic nitrogens is 1. The van der Waals surface area contributed by atoms with Gasteiger partial charge in [-0.3, -0.25) is 9.59 Å². The van der Waals surface area contributed by atoms with E-state index in [1.165, 1.54) is 16.7 Å². The monoisotopic (exact) mass is 314 g/mol. The van der Waals surface area contributed by atoms with Gasteiger partial charge in [0.05, 0.1) is 23.1 Å². The van der Waals surface area contributed by atoms with Crippen molar-refractivity contribution in [2.75, 3.05) is 12.0 Å². The second-order valence-electron chi connectivity index (χ2n) is 4.74. The number of amides is 2. The van der Waals surface area contributed by atoms with Gasteiger partial charge in [-0.1, -0.05) is 17.8 Å². The Morgan fingerprint density at radius 2 is 1.95 bits per heavy atom. The molecular formula is C16H14N2O3S. The van der Waals surface area contributed by atoms with Crippen LogP contribution < -0.4 is 9.64 Å². The van der Waals surface area contributed by atoms with Crippen molar-refractivity contribution in [2.24, 2.45) is 0 Å². The number of nitrogens with zero attached hydrogens (tertiary/aromatic N) is 2. The maximum atomic E-state index is 12.5. The number of hydrogen-bond donors (Lipinski definition) is 0. The molecule has 0 saturated carbocycles. The maximum absolute atomic E-state index is 12.5. The molecule has 22 heavy (non-hydrogen) atoms. The molecular weight excluding hydrogens is 300 g/mol. The normalized spacial score (nSPS) is 17.9. The second kappa shape index (κ2) is 6.19. The zero-order valence-corrected chi connectivity index (χ0v) is 12.7. The average molecular weight is 314 g/mol. The van der Waals surface area contributed by atoms with E-state index in [-0.39, 0.29) is 18.2 Å². The van der Waals surface area contributed by atoms with Crippen LogP contribution in [-0.2, 0) is 9.59 Å². The summed E-state index contributed by atoms with van der Waals surface area (Å²) in [6.45, 7) is 0. The molecule has 1 aromatic heterocycles. The largest absolute Gasteiger partial charge is 0.497 e. The first-order valence-electron chi connectivity index (χ1n) is 6.77. The predicted molar refractivity (Wildman–Crippen MR) is 84.0 cm³/mol. The minimum atomic E-state index is -0.426. The van der Waals surface area contributed by atoms with Crippen molar-refractivity contribution in [1.82, 2.24) is 4.98 Å². The number of pyridine rings is 1. The van der Waals surface area contributed by atoms with Gasteiger partial charge in [-0.25, -0.2) is 9.88 Å². The van der Waals surface area contributed by atoms with Gasteiger partial charge in [0, 0.05) is 12.6 Å². The SMILES string of the molecule is COc1ccc(N2C(=O)C[C@H](Sc3ccccn3)C2=O)cc1. The fourth-order valence-corrected chi connectivity index (χ4v) is 3.26. The van der Waals surface area contributed by atoms with Gasteiger partial charge in [0.15, 0.2) is 0 Å². The van der Waals surface area contributed by atoms with E-state index in [4.69, 9.17) is 4.74 Å². The first-order valence-corrected chi connectivity index (χ1v) is 7.65. The molecule has 1 atom stereocenters. The van der Waals surface area contributed by atoms with E-state index in [9.17, 15) is 9.59 Å². The first kappa shape index (κ1) is 14.6. The summed E-state index contributed by atoms with van der Waals surface area (Å²) >= 11 is 1.32. The maximum Gasteiger partial charge on any atom is 0.247 e. The lowest BCUT2D eigenvalue weighted by molar-refractivity contribution is -0.121. The van der Waals surface area contributed by atoms with E-state index >= 15 is 0 Å². The average Bonchev–Trinajstić information content (AvgIpc) is 2.82. The Hall–Kier alpha value is -2.34. The number of ether oxygens (including phenoxy) is 1. The van der Waals surface area contributed by atoms with Crippen molar-refractivity contribution in [2.45, 2.75) is 16.7 Å². The van der Waals surface area contributed by atoms with Gasteiger partial charge in [0.1, 0.15) is 5.75 Å². The summed E-state index contributed by atoms with van der Waals surface area (Å²) in [5, 5.41) is 0.315. The fraction of sp³-hybridized carbons (Fsp3) is 0.188. The molecule has 1 aliphatic rings. The molecule has 2 heterocycles. The molecule has 3 rings (SSSR count). The van der Waals surface area contributed by atoms with Crippen LogP contribution in [-0.4, -0.2) is 29.2 Å². The van der Waals surface area contributed by atoms with Gasteiger partial charge in [-0.05, 0) is 36.4 Å². The number of methoxy groups -OCH3 is 1. The summed E-state index contributed by atoms with van der Waals surface area (Å²) in [5.41, 5.74) is 0.569. The third-order valence-corrected chi connectivity index (χ3v) is 4.47. The van der Waals surface area contributed by atoms with E-state index in [1.54, 1.807) is 37.6 Å². The van der Waals surface area contributed by atoms with Crippen LogP contribution in [0.25, 0.3) is 0 Å². The molecule has 6 heteroatoms. The number of imide groups is 1. The van der Waals surface area contributed by atoms with Crippen molar-refractivity contribution in [3.63, 3.8) is 0 Å². The molecule has 1 fully saturated rings. The molecule has 2 amide bonds. The molecule has 0 aliphatic carbocycles. The summed E-state index contributed by atoms with van der Waals surface area (Å²) in [7, 11) is 1.57. The summed E-state index contributed by atoms with van der Waals surface area (Å²) in [5.74, 6) is 0.289. The minimum absolute atomic E-state index is 0.187. The second-order valence-corrected chi connectivity index (χ2v) is 5.97. The van der Waals surface area contributed by atoms with Crippen LogP contribution in [0.4, 0.5) is 5.69 Å². The molecule has 1 aliphatic heterocycles. The highest BCUT2D eigenvalue weighted by Gasteiger charge is 2.40. The lowest BCUT2D eigenvalue weighted by Crippen LogP contribution is -2.31. The Balaban J connectivity index is 1.79. The van der Waals surface area contributed by atoms with Crippen LogP contribution in [0.2, 0.25) is 0 Å². The Morgan fingerprint density at radius 3 is 2.59 bits per heavy atom. The fourth-order valence-electron chi connectivity index (χ4n) is 2.26. The number of benzene rings is 1. The topological polar surface area (TPSA) is 59.5 Å². The molecule has 2 aromatic rings. The van der Waals surface area contributed by atoms with Crippen LogP contribution in [0.15, 0.2) is 53.7 Å². The summed E-state index contributed by atoms with van der Waals surface area (Å²) < 4.78 is 5.08. The van der Waals surface area contributed by atoms with Crippen LogP contribution in [0.5, 0.6) is 5.75 Å². The highest BCUT2D eigenvalue weighted by molar-refractivity contribution is 8.00. The number of hydrogen-bond acceptors (Lipinski definition) is 5. The van der Waals surface area contributed by atoms with Gasteiger partial charge in [-0.15, -0.1) is 0 Å². The summed E-state index contributed by atoms with van der Waals surface area (Å²) in [4.78, 5) is 30.1. The molecule has 112 valence electrons. The Morgan fingerprint density at radius 1 is 1.18 bits per heavy atom. The zero-order valence-electron chi connectivity index (χ0n) is 11.9. The Bertz CT molecular complexity index is 688. The number of carbonyl (C=O) groups is 2. The number of rotatable bonds is 4. The van der Waals surface area contributed by atoms with Gasteiger partial charge < -0.3 is 4.74 Å². The van der Waals surface area contributed by atoms with Crippen LogP contribution in [0.3, 0.4) is 0 Å². The third-order valence-electron chi connectivity index (χ3n) is 3.34. The zero-order chi connectivity index (χ0) is 15.5. The third kappa shape index (κ3) is 2.82. The molecule has 0 N–H and O–H groups in total. The predicted octanol–water partition coefficient (Wildman–Crippen LogP) is 2.51. The lowest BCUT2D eigenvalue weighted by atomic mass is 10.3. The van der Waals surface area contributed by atoms with Gasteiger partial charge in [0.25, 0.3) is 0 Å². The molecule has 5 nitrogen and oxygen atoms in total. The standard InChI is InChI=1S/C16H14N2O3S/c1-21-12-7-5-11(6-8-12)18-15(19)10-13(16(18)20)22-14-4-2-3-9-17-14/h2-9,13H,10H2,1H3/t13-/m0/s1. The van der Waals surface area contributed by atoms with E-state index in [0.717, 1.165) is 5.03 Å². The van der Waals surface area contributed by atoms with Crippen molar-refractivity contribution >= 4 is 29.3 Å². The number of anilines is 1. The van der Waals surface area contributed by atoms with Crippen molar-refractivity contribution < 1.29 is 14.3 Å². The van der Waals surface area contributed by atoms with Gasteiger partial charge in [0.2, 0.25) is 11.8 Å². The highest BCUT2D eigenvalue weighted by atomic mass is 32.2. The van der Waals surface area contributed by atoms with Crippen LogP contribution in [0, 0.1) is 0 Å². The summed E-state index contributed by atoms with van der Waals surface area (Å²) in [6.07, 6.45) is 1.86. The van der Waals surface area contributed by atoms with E-state index in [0.29, 0.717) is 11.4 Å². The number of carbonyl (C=O) groups excluding carboxylic acids is 2. The molecule has 0 radical (unpaired) electrons. The highest BCUT2D eigenvalue weighted by Crippen LogP contribution is 2.33. The Kier molecular flexibility index (Phi) is 4.11. The van der Waals surface area contributed by atoms with Crippen molar-refractivity contribution in [3.05, 3.63) is 48.7 Å². The van der Waals surface area contributed by atoms with Gasteiger partial charge in [-0.2, -0.15) is 0 Å². The summed E-state index contributed by atoms with van der Waals surface area (Å²) in [6, 6.07) is 12.4.